The van der Waals surface area contributed by atoms with Crippen LogP contribution < -0.4 is 10.1 Å². The molecule has 0 atom stereocenters. The van der Waals surface area contributed by atoms with Gasteiger partial charge < -0.3 is 10.1 Å². The number of nitrogens with zero attached hydrogens (tertiary/aromatic N) is 1. The lowest BCUT2D eigenvalue weighted by atomic mass is 10.1. The van der Waals surface area contributed by atoms with E-state index < -0.39 is 10.8 Å². The lowest BCUT2D eigenvalue weighted by Gasteiger charge is -2.09. The maximum Gasteiger partial charge on any atom is 0.271 e. The first-order valence-corrected chi connectivity index (χ1v) is 7.42. The first-order chi connectivity index (χ1) is 11.5. The van der Waals surface area contributed by atoms with Gasteiger partial charge in [0, 0.05) is 18.7 Å². The van der Waals surface area contributed by atoms with Gasteiger partial charge in [-0.1, -0.05) is 29.8 Å². The fourth-order valence-electron chi connectivity index (χ4n) is 1.95. The Hall–Kier alpha value is -2.67. The molecule has 0 radical (unpaired) electrons. The second-order valence-electron chi connectivity index (χ2n) is 4.85. The predicted octanol–water partition coefficient (Wildman–Crippen LogP) is 3.13. The van der Waals surface area contributed by atoms with Gasteiger partial charge in [-0.15, -0.1) is 0 Å². The molecule has 126 valence electrons. The molecule has 1 N–H and O–H groups in total. The summed E-state index contributed by atoms with van der Waals surface area (Å²) in [7, 11) is 0. The summed E-state index contributed by atoms with van der Waals surface area (Å²) in [4.78, 5) is 21.7. The number of non-ortho nitro benzene ring substituents is 1. The second kappa shape index (κ2) is 8.26. The molecule has 0 aromatic heterocycles. The average molecular weight is 353 g/mol. The summed E-state index contributed by atoms with van der Waals surface area (Å²) in [6.07, 6.45) is 0.358. The highest BCUT2D eigenvalue weighted by molar-refractivity contribution is 6.32. The van der Waals surface area contributed by atoms with Gasteiger partial charge in [-0.05, 0) is 24.1 Å². The molecule has 0 aliphatic rings. The van der Waals surface area contributed by atoms with Gasteiger partial charge in [-0.3, -0.25) is 14.9 Å². The van der Waals surface area contributed by atoms with Crippen LogP contribution >= 0.6 is 11.6 Å². The third-order valence-electron chi connectivity index (χ3n) is 3.16. The zero-order chi connectivity index (χ0) is 17.5. The monoisotopic (exact) mass is 352 g/mol. The minimum absolute atomic E-state index is 0.0448. The molecule has 2 aromatic rings. The van der Waals surface area contributed by atoms with Gasteiger partial charge >= 0.3 is 0 Å². The number of carbonyl (C=O) groups excluding carboxylic acids is 1. The van der Waals surface area contributed by atoms with Gasteiger partial charge in [-0.2, -0.15) is 0 Å². The Labute approximate surface area is 142 Å². The zero-order valence-corrected chi connectivity index (χ0v) is 13.3. The number of nitrogens with one attached hydrogen (secondary N) is 1. The number of nitro benzene ring substituents is 1. The molecule has 0 fully saturated rings. The molecule has 0 saturated carbocycles. The van der Waals surface area contributed by atoms with Crippen molar-refractivity contribution in [1.29, 1.82) is 0 Å². The van der Waals surface area contributed by atoms with Crippen LogP contribution in [-0.4, -0.2) is 24.0 Å². The third kappa shape index (κ3) is 4.92. The standard InChI is InChI=1S/C16H14ClFN2O4/c17-13-9-12(20(22)23)5-6-15(13)24-10-16(21)19-8-7-11-3-1-2-4-14(11)18/h1-6,9H,7-8,10H2,(H,19,21). The SMILES string of the molecule is O=C(COc1ccc([N+](=O)[O-])cc1Cl)NCCc1ccccc1F. The van der Waals surface area contributed by atoms with Crippen molar-refractivity contribution in [2.45, 2.75) is 6.42 Å². The molecule has 2 aromatic carbocycles. The molecule has 24 heavy (non-hydrogen) atoms. The molecule has 0 bridgehead atoms. The van der Waals surface area contributed by atoms with Crippen LogP contribution in [0, 0.1) is 15.9 Å². The van der Waals surface area contributed by atoms with E-state index in [1.807, 2.05) is 0 Å². The van der Waals surface area contributed by atoms with E-state index >= 15 is 0 Å². The van der Waals surface area contributed by atoms with Gasteiger partial charge in [0.05, 0.1) is 9.95 Å². The number of benzene rings is 2. The number of carbonyl (C=O) groups is 1. The van der Waals surface area contributed by atoms with Crippen molar-refractivity contribution in [1.82, 2.24) is 5.32 Å². The van der Waals surface area contributed by atoms with E-state index in [-0.39, 0.29) is 35.4 Å². The highest BCUT2D eigenvalue weighted by atomic mass is 35.5. The third-order valence-corrected chi connectivity index (χ3v) is 3.45. The van der Waals surface area contributed by atoms with Crippen molar-refractivity contribution in [3.8, 4) is 5.75 Å². The summed E-state index contributed by atoms with van der Waals surface area (Å²) >= 11 is 5.86. The molecule has 6 nitrogen and oxygen atoms in total. The van der Waals surface area contributed by atoms with Gasteiger partial charge in [0.2, 0.25) is 0 Å². The maximum atomic E-state index is 13.4. The zero-order valence-electron chi connectivity index (χ0n) is 12.5. The molecule has 2 rings (SSSR count). The predicted molar refractivity (Wildman–Crippen MR) is 86.7 cm³/mol. The molecule has 0 aliphatic heterocycles. The Morgan fingerprint density at radius 3 is 2.71 bits per heavy atom. The van der Waals surface area contributed by atoms with Crippen molar-refractivity contribution in [2.24, 2.45) is 0 Å². The second-order valence-corrected chi connectivity index (χ2v) is 5.26. The van der Waals surface area contributed by atoms with Crippen LogP contribution in [-0.2, 0) is 11.2 Å². The van der Waals surface area contributed by atoms with Crippen LogP contribution in [0.5, 0.6) is 5.75 Å². The minimum Gasteiger partial charge on any atom is -0.482 e. The Balaban J connectivity index is 1.79. The average Bonchev–Trinajstić information content (AvgIpc) is 2.55. The number of hydrogen-bond donors (Lipinski definition) is 1. The molecule has 1 amide bonds. The van der Waals surface area contributed by atoms with Crippen LogP contribution in [0.25, 0.3) is 0 Å². The van der Waals surface area contributed by atoms with E-state index in [4.69, 9.17) is 16.3 Å². The topological polar surface area (TPSA) is 81.5 Å². The van der Waals surface area contributed by atoms with Crippen LogP contribution in [0.4, 0.5) is 10.1 Å². The Morgan fingerprint density at radius 2 is 2.04 bits per heavy atom. The highest BCUT2D eigenvalue weighted by Gasteiger charge is 2.11. The number of nitro groups is 1. The minimum atomic E-state index is -0.578. The Morgan fingerprint density at radius 1 is 1.29 bits per heavy atom. The van der Waals surface area contributed by atoms with Crippen LogP contribution in [0.3, 0.4) is 0 Å². The molecule has 0 heterocycles. The van der Waals surface area contributed by atoms with E-state index in [9.17, 15) is 19.3 Å². The van der Waals surface area contributed by atoms with E-state index in [0.29, 0.717) is 12.0 Å². The molecule has 0 aliphatic carbocycles. The molecule has 0 saturated heterocycles. The fraction of sp³-hybridized carbons (Fsp3) is 0.188. The van der Waals surface area contributed by atoms with Crippen molar-refractivity contribution in [3.05, 3.63) is 69.0 Å². The van der Waals surface area contributed by atoms with E-state index in [1.165, 1.54) is 18.2 Å². The smallest absolute Gasteiger partial charge is 0.271 e. The van der Waals surface area contributed by atoms with Crippen LogP contribution in [0.15, 0.2) is 42.5 Å². The summed E-state index contributed by atoms with van der Waals surface area (Å²) < 4.78 is 18.6. The molecular weight excluding hydrogens is 339 g/mol. The number of amides is 1. The van der Waals surface area contributed by atoms with Crippen molar-refractivity contribution < 1.29 is 18.8 Å². The van der Waals surface area contributed by atoms with Crippen molar-refractivity contribution >= 4 is 23.2 Å². The normalized spacial score (nSPS) is 10.2. The van der Waals surface area contributed by atoms with E-state index in [2.05, 4.69) is 5.32 Å². The van der Waals surface area contributed by atoms with Crippen molar-refractivity contribution in [2.75, 3.05) is 13.2 Å². The molecule has 0 unspecified atom stereocenters. The number of rotatable bonds is 7. The van der Waals surface area contributed by atoms with Gasteiger partial charge in [0.15, 0.2) is 6.61 Å². The summed E-state index contributed by atoms with van der Waals surface area (Å²) in [5, 5.41) is 13.2. The van der Waals surface area contributed by atoms with Gasteiger partial charge in [0.25, 0.3) is 11.6 Å². The summed E-state index contributed by atoms with van der Waals surface area (Å²) in [6, 6.07) is 10.0. The lowest BCUT2D eigenvalue weighted by molar-refractivity contribution is -0.384. The van der Waals surface area contributed by atoms with Gasteiger partial charge in [-0.25, -0.2) is 4.39 Å². The maximum absolute atomic E-state index is 13.4. The summed E-state index contributed by atoms with van der Waals surface area (Å²) in [5.41, 5.74) is 0.346. The van der Waals surface area contributed by atoms with Crippen LogP contribution in [0.1, 0.15) is 5.56 Å². The quantitative estimate of drug-likeness (QED) is 0.613. The Kier molecular flexibility index (Phi) is 6.08. The summed E-state index contributed by atoms with van der Waals surface area (Å²) in [6.45, 7) is -0.0358. The van der Waals surface area contributed by atoms with Crippen LogP contribution in [0.2, 0.25) is 5.02 Å². The van der Waals surface area contributed by atoms with Crippen molar-refractivity contribution in [3.63, 3.8) is 0 Å². The molecule has 8 heteroatoms. The number of hydrogen-bond acceptors (Lipinski definition) is 4. The fourth-order valence-corrected chi connectivity index (χ4v) is 2.18. The van der Waals surface area contributed by atoms with Gasteiger partial charge in [0.1, 0.15) is 11.6 Å². The first-order valence-electron chi connectivity index (χ1n) is 7.04. The lowest BCUT2D eigenvalue weighted by Crippen LogP contribution is -2.30. The molecule has 0 spiro atoms. The Bertz CT molecular complexity index is 755. The highest BCUT2D eigenvalue weighted by Crippen LogP contribution is 2.28. The first kappa shape index (κ1) is 17.7. The van der Waals surface area contributed by atoms with E-state index in [0.717, 1.165) is 6.07 Å². The summed E-state index contributed by atoms with van der Waals surface area (Å²) in [5.74, 6) is -0.548. The molecular formula is C16H14ClFN2O4. The number of halogens is 2. The van der Waals surface area contributed by atoms with E-state index in [1.54, 1.807) is 18.2 Å². The largest absolute Gasteiger partial charge is 0.482 e. The number of ether oxygens (including phenoxy) is 1.